The lowest BCUT2D eigenvalue weighted by molar-refractivity contribution is -0.0342. The van der Waals surface area contributed by atoms with Crippen LogP contribution < -0.4 is 10.8 Å². The van der Waals surface area contributed by atoms with E-state index in [0.29, 0.717) is 5.92 Å². The minimum atomic E-state index is -0.367. The van der Waals surface area contributed by atoms with Gasteiger partial charge in [0.1, 0.15) is 6.10 Å². The van der Waals surface area contributed by atoms with Crippen molar-refractivity contribution in [2.24, 2.45) is 5.92 Å². The summed E-state index contributed by atoms with van der Waals surface area (Å²) in [6, 6.07) is 8.28. The van der Waals surface area contributed by atoms with E-state index in [-0.39, 0.29) is 36.1 Å². The number of fused-ring (bicyclic) bond motifs is 3. The maximum absolute atomic E-state index is 12.6. The van der Waals surface area contributed by atoms with Gasteiger partial charge in [-0.15, -0.1) is 0 Å². The number of hydrogen-bond acceptors (Lipinski definition) is 5. The summed E-state index contributed by atoms with van der Waals surface area (Å²) in [7, 11) is -0.367. The van der Waals surface area contributed by atoms with E-state index < -0.39 is 0 Å². The molecule has 7 heteroatoms. The smallest absolute Gasteiger partial charge is 0.445 e. The van der Waals surface area contributed by atoms with Gasteiger partial charge in [-0.05, 0) is 83.4 Å². The molecule has 1 aliphatic carbocycles. The normalized spacial score (nSPS) is 32.7. The molecule has 1 aromatic rings. The van der Waals surface area contributed by atoms with Crippen molar-refractivity contribution in [3.05, 3.63) is 29.8 Å². The number of rotatable bonds is 4. The predicted molar refractivity (Wildman–Crippen MR) is 116 cm³/mol. The Labute approximate surface area is 179 Å². The Kier molecular flexibility index (Phi) is 4.73. The molecule has 5 aliphatic rings. The predicted octanol–water partition coefficient (Wildman–Crippen LogP) is 2.80. The van der Waals surface area contributed by atoms with Gasteiger partial charge in [-0.25, -0.2) is 4.79 Å². The third-order valence-electron chi connectivity index (χ3n) is 7.93. The van der Waals surface area contributed by atoms with Crippen LogP contribution in [-0.4, -0.2) is 55.1 Å². The Morgan fingerprint density at radius 3 is 2.17 bits per heavy atom. The van der Waals surface area contributed by atoms with Crippen LogP contribution in [0.25, 0.3) is 0 Å². The molecule has 162 valence electrons. The lowest BCUT2D eigenvalue weighted by atomic mass is 9.78. The molecule has 4 aliphatic heterocycles. The SMILES string of the molecule is CC1(C)OB(c2ccc(C3(NC(=O)O[C@H]4CN5CCC4CC5)CC3)cc2)OC1(C)C. The van der Waals surface area contributed by atoms with Crippen molar-refractivity contribution < 1.29 is 18.8 Å². The summed E-state index contributed by atoms with van der Waals surface area (Å²) in [5, 5.41) is 3.16. The highest BCUT2D eigenvalue weighted by Gasteiger charge is 2.52. The first-order valence-electron chi connectivity index (χ1n) is 11.3. The number of nitrogens with one attached hydrogen (secondary N) is 1. The molecule has 5 fully saturated rings. The van der Waals surface area contributed by atoms with Crippen LogP contribution in [0, 0.1) is 5.92 Å². The van der Waals surface area contributed by atoms with Crippen LogP contribution in [0.1, 0.15) is 58.9 Å². The molecule has 1 atom stereocenters. The minimum Gasteiger partial charge on any atom is -0.445 e. The first-order valence-corrected chi connectivity index (χ1v) is 11.3. The van der Waals surface area contributed by atoms with Gasteiger partial charge < -0.3 is 19.4 Å². The molecule has 1 N–H and O–H groups in total. The highest BCUT2D eigenvalue weighted by atomic mass is 16.7. The number of carbonyl (C=O) groups is 1. The fourth-order valence-electron chi connectivity index (χ4n) is 4.96. The van der Waals surface area contributed by atoms with Crippen LogP contribution in [0.5, 0.6) is 0 Å². The van der Waals surface area contributed by atoms with Gasteiger partial charge in [0.25, 0.3) is 0 Å². The van der Waals surface area contributed by atoms with Crippen LogP contribution in [-0.2, 0) is 19.6 Å². The largest absolute Gasteiger partial charge is 0.494 e. The van der Waals surface area contributed by atoms with Crippen molar-refractivity contribution in [1.82, 2.24) is 10.2 Å². The van der Waals surface area contributed by atoms with Crippen molar-refractivity contribution in [2.45, 2.75) is 76.2 Å². The molecular formula is C23H33BN2O4. The summed E-state index contributed by atoms with van der Waals surface area (Å²) in [6.45, 7) is 11.4. The first kappa shape index (κ1) is 20.3. The number of nitrogens with zero attached hydrogens (tertiary/aromatic N) is 1. The molecule has 2 bridgehead atoms. The Bertz CT molecular complexity index is 797. The quantitative estimate of drug-likeness (QED) is 0.771. The van der Waals surface area contributed by atoms with Crippen molar-refractivity contribution in [3.8, 4) is 0 Å². The highest BCUT2D eigenvalue weighted by molar-refractivity contribution is 6.62. The number of amides is 1. The molecule has 0 unspecified atom stereocenters. The topological polar surface area (TPSA) is 60.0 Å². The molecule has 4 saturated heterocycles. The molecular weight excluding hydrogens is 379 g/mol. The van der Waals surface area contributed by atoms with Crippen molar-refractivity contribution in [1.29, 1.82) is 0 Å². The molecule has 6 rings (SSSR count). The van der Waals surface area contributed by atoms with Gasteiger partial charge in [0, 0.05) is 6.54 Å². The zero-order chi connectivity index (χ0) is 21.1. The van der Waals surface area contributed by atoms with Gasteiger partial charge in [0.15, 0.2) is 0 Å². The second-order valence-corrected chi connectivity index (χ2v) is 10.5. The van der Waals surface area contributed by atoms with Crippen molar-refractivity contribution >= 4 is 18.7 Å². The average Bonchev–Trinajstić information content (AvgIpc) is 3.44. The van der Waals surface area contributed by atoms with Gasteiger partial charge in [-0.2, -0.15) is 0 Å². The molecule has 30 heavy (non-hydrogen) atoms. The Morgan fingerprint density at radius 1 is 1.07 bits per heavy atom. The minimum absolute atomic E-state index is 0.0362. The highest BCUT2D eigenvalue weighted by Crippen LogP contribution is 2.45. The molecule has 6 nitrogen and oxygen atoms in total. The molecule has 0 spiro atoms. The monoisotopic (exact) mass is 412 g/mol. The fourth-order valence-corrected chi connectivity index (χ4v) is 4.96. The van der Waals surface area contributed by atoms with E-state index in [2.05, 4.69) is 62.2 Å². The summed E-state index contributed by atoms with van der Waals surface area (Å²) in [5.74, 6) is 0.523. The molecule has 0 radical (unpaired) electrons. The van der Waals surface area contributed by atoms with Gasteiger partial charge in [0.2, 0.25) is 0 Å². The number of hydrogen-bond donors (Lipinski definition) is 1. The standard InChI is InChI=1S/C23H33BN2O4/c1-21(2)22(3,4)30-24(29-21)18-7-5-17(6-8-18)23(11-12-23)25-20(27)28-19-15-26-13-9-16(19)10-14-26/h5-8,16,19H,9-15H2,1-4H3,(H,25,27)/t19-/m0/s1. The zero-order valence-electron chi connectivity index (χ0n) is 18.6. The van der Waals surface area contributed by atoms with Gasteiger partial charge >= 0.3 is 13.2 Å². The Morgan fingerprint density at radius 2 is 1.67 bits per heavy atom. The molecule has 1 saturated carbocycles. The Balaban J connectivity index is 1.22. The van der Waals surface area contributed by atoms with Gasteiger partial charge in [0.05, 0.1) is 16.7 Å². The van der Waals surface area contributed by atoms with Gasteiger partial charge in [-0.1, -0.05) is 24.3 Å². The third-order valence-corrected chi connectivity index (χ3v) is 7.93. The summed E-state index contributed by atoms with van der Waals surface area (Å²) >= 11 is 0. The summed E-state index contributed by atoms with van der Waals surface area (Å²) in [5.41, 5.74) is 1.12. The van der Waals surface area contributed by atoms with E-state index >= 15 is 0 Å². The van der Waals surface area contributed by atoms with Crippen molar-refractivity contribution in [3.63, 3.8) is 0 Å². The van der Waals surface area contributed by atoms with E-state index in [4.69, 9.17) is 14.0 Å². The van der Waals surface area contributed by atoms with Crippen LogP contribution in [0.2, 0.25) is 0 Å². The second-order valence-electron chi connectivity index (χ2n) is 10.5. The second kappa shape index (κ2) is 6.97. The van der Waals surface area contributed by atoms with Crippen molar-refractivity contribution in [2.75, 3.05) is 19.6 Å². The Hall–Kier alpha value is -1.57. The van der Waals surface area contributed by atoms with Crippen LogP contribution in [0.15, 0.2) is 24.3 Å². The van der Waals surface area contributed by atoms with Crippen LogP contribution >= 0.6 is 0 Å². The molecule has 4 heterocycles. The average molecular weight is 412 g/mol. The lowest BCUT2D eigenvalue weighted by Crippen LogP contribution is -2.53. The number of carbonyl (C=O) groups excluding carboxylic acids is 1. The first-order chi connectivity index (χ1) is 14.2. The molecule has 0 aromatic heterocycles. The maximum atomic E-state index is 12.6. The van der Waals surface area contributed by atoms with Crippen LogP contribution in [0.3, 0.4) is 0 Å². The van der Waals surface area contributed by atoms with E-state index in [1.807, 2.05) is 0 Å². The summed E-state index contributed by atoms with van der Waals surface area (Å²) in [4.78, 5) is 15.0. The maximum Gasteiger partial charge on any atom is 0.494 e. The fraction of sp³-hybridized carbons (Fsp3) is 0.696. The molecule has 1 aromatic carbocycles. The zero-order valence-corrected chi connectivity index (χ0v) is 18.6. The third kappa shape index (κ3) is 3.55. The number of alkyl carbamates (subject to hydrolysis) is 1. The number of benzene rings is 1. The van der Waals surface area contributed by atoms with E-state index in [1.165, 1.54) is 0 Å². The van der Waals surface area contributed by atoms with E-state index in [9.17, 15) is 4.79 Å². The van der Waals surface area contributed by atoms with E-state index in [1.54, 1.807) is 0 Å². The number of ether oxygens (including phenoxy) is 1. The summed E-state index contributed by atoms with van der Waals surface area (Å²) < 4.78 is 18.1. The van der Waals surface area contributed by atoms with Crippen LogP contribution in [0.4, 0.5) is 4.79 Å². The lowest BCUT2D eigenvalue weighted by Gasteiger charge is -2.44. The summed E-state index contributed by atoms with van der Waals surface area (Å²) in [6.07, 6.45) is 3.93. The molecule has 1 amide bonds. The van der Waals surface area contributed by atoms with E-state index in [0.717, 1.165) is 56.3 Å². The number of piperidine rings is 3. The van der Waals surface area contributed by atoms with Gasteiger partial charge in [-0.3, -0.25) is 4.90 Å².